The number of ether oxygens (including phenoxy) is 1. The smallest absolute Gasteiger partial charge is 0.248 e. The minimum atomic E-state index is -0.249. The molecule has 0 bridgehead atoms. The number of hydrogen-bond acceptors (Lipinski definition) is 3. The summed E-state index contributed by atoms with van der Waals surface area (Å²) in [6.45, 7) is 10.7. The van der Waals surface area contributed by atoms with Gasteiger partial charge in [-0.3, -0.25) is 4.79 Å². The van der Waals surface area contributed by atoms with Gasteiger partial charge in [-0.25, -0.2) is 0 Å². The summed E-state index contributed by atoms with van der Waals surface area (Å²) in [5, 5.41) is 3.41. The molecule has 1 N–H and O–H groups in total. The molecule has 0 aliphatic carbocycles. The first-order valence-corrected chi connectivity index (χ1v) is 6.57. The van der Waals surface area contributed by atoms with Crippen molar-refractivity contribution in [2.45, 2.75) is 52.2 Å². The number of nitrogens with one attached hydrogen (secondary N) is 1. The fourth-order valence-corrected chi connectivity index (χ4v) is 1.96. The molecule has 1 rings (SSSR count). The molecule has 1 atom stereocenters. The summed E-state index contributed by atoms with van der Waals surface area (Å²) in [5.74, 6) is 0.0936. The van der Waals surface area contributed by atoms with E-state index in [2.05, 4.69) is 5.32 Å². The number of rotatable bonds is 5. The molecule has 0 aromatic carbocycles. The standard InChI is InChI=1S/C13H26N2O2/c1-5-15(9-11-7-6-8-14-11)12(16)10-17-13(2,3)4/h11,14H,5-10H2,1-4H3. The third-order valence-electron chi connectivity index (χ3n) is 2.97. The molecular formula is C13H26N2O2. The van der Waals surface area contributed by atoms with Crippen molar-refractivity contribution in [3.8, 4) is 0 Å². The monoisotopic (exact) mass is 242 g/mol. The molecule has 17 heavy (non-hydrogen) atoms. The van der Waals surface area contributed by atoms with E-state index >= 15 is 0 Å². The summed E-state index contributed by atoms with van der Waals surface area (Å²) in [5.41, 5.74) is -0.249. The van der Waals surface area contributed by atoms with Crippen LogP contribution in [0.25, 0.3) is 0 Å². The van der Waals surface area contributed by atoms with Crippen molar-refractivity contribution >= 4 is 5.91 Å². The maximum atomic E-state index is 12.0. The lowest BCUT2D eigenvalue weighted by Crippen LogP contribution is -2.43. The summed E-state index contributed by atoms with van der Waals surface area (Å²) in [7, 11) is 0. The molecule has 1 heterocycles. The van der Waals surface area contributed by atoms with Crippen LogP contribution in [0.5, 0.6) is 0 Å². The van der Waals surface area contributed by atoms with E-state index < -0.39 is 0 Å². The zero-order valence-corrected chi connectivity index (χ0v) is 11.6. The molecule has 4 heteroatoms. The average Bonchev–Trinajstić information content (AvgIpc) is 2.74. The lowest BCUT2D eigenvalue weighted by Gasteiger charge is -2.26. The van der Waals surface area contributed by atoms with Gasteiger partial charge in [0.1, 0.15) is 6.61 Å². The number of likely N-dealkylation sites (N-methyl/N-ethyl adjacent to an activating group) is 1. The van der Waals surface area contributed by atoms with Gasteiger partial charge in [-0.1, -0.05) is 0 Å². The molecule has 0 saturated carbocycles. The SMILES string of the molecule is CCN(CC1CCCN1)C(=O)COC(C)(C)C. The van der Waals surface area contributed by atoms with Gasteiger partial charge in [-0.05, 0) is 47.1 Å². The van der Waals surface area contributed by atoms with E-state index in [9.17, 15) is 4.79 Å². The van der Waals surface area contributed by atoms with Gasteiger partial charge in [-0.15, -0.1) is 0 Å². The van der Waals surface area contributed by atoms with E-state index in [1.54, 1.807) is 0 Å². The predicted octanol–water partition coefficient (Wildman–Crippen LogP) is 1.40. The minimum absolute atomic E-state index is 0.0936. The maximum Gasteiger partial charge on any atom is 0.248 e. The number of carbonyl (C=O) groups is 1. The largest absolute Gasteiger partial charge is 0.366 e. The normalized spacial score (nSPS) is 20.6. The van der Waals surface area contributed by atoms with E-state index in [-0.39, 0.29) is 18.1 Å². The molecule has 1 saturated heterocycles. The van der Waals surface area contributed by atoms with Gasteiger partial charge in [0.05, 0.1) is 5.60 Å². The Balaban J connectivity index is 2.35. The van der Waals surface area contributed by atoms with Gasteiger partial charge < -0.3 is 15.0 Å². The second-order valence-electron chi connectivity index (χ2n) is 5.63. The van der Waals surface area contributed by atoms with Crippen molar-refractivity contribution in [1.82, 2.24) is 10.2 Å². The van der Waals surface area contributed by atoms with Crippen LogP contribution < -0.4 is 5.32 Å². The van der Waals surface area contributed by atoms with Gasteiger partial charge >= 0.3 is 0 Å². The second-order valence-corrected chi connectivity index (χ2v) is 5.63. The van der Waals surface area contributed by atoms with E-state index in [1.165, 1.54) is 12.8 Å². The molecule has 0 aromatic rings. The van der Waals surface area contributed by atoms with E-state index in [0.29, 0.717) is 6.04 Å². The summed E-state index contributed by atoms with van der Waals surface area (Å²) >= 11 is 0. The Kier molecular flexibility index (Phi) is 5.40. The first-order valence-electron chi connectivity index (χ1n) is 6.57. The lowest BCUT2D eigenvalue weighted by molar-refractivity contribution is -0.141. The zero-order chi connectivity index (χ0) is 12.9. The Morgan fingerprint density at radius 1 is 1.47 bits per heavy atom. The van der Waals surface area contributed by atoms with Crippen molar-refractivity contribution in [1.29, 1.82) is 0 Å². The van der Waals surface area contributed by atoms with Crippen LogP contribution in [0.2, 0.25) is 0 Å². The fraction of sp³-hybridized carbons (Fsp3) is 0.923. The highest BCUT2D eigenvalue weighted by molar-refractivity contribution is 5.77. The summed E-state index contributed by atoms with van der Waals surface area (Å²) in [6, 6.07) is 0.466. The first kappa shape index (κ1) is 14.5. The van der Waals surface area contributed by atoms with Crippen LogP contribution in [0.15, 0.2) is 0 Å². The third-order valence-corrected chi connectivity index (χ3v) is 2.97. The van der Waals surface area contributed by atoms with Crippen LogP contribution in [0, 0.1) is 0 Å². The molecule has 0 radical (unpaired) electrons. The highest BCUT2D eigenvalue weighted by atomic mass is 16.5. The maximum absolute atomic E-state index is 12.0. The number of hydrogen-bond donors (Lipinski definition) is 1. The second kappa shape index (κ2) is 6.36. The predicted molar refractivity (Wildman–Crippen MR) is 69.0 cm³/mol. The zero-order valence-electron chi connectivity index (χ0n) is 11.6. The molecule has 1 aliphatic rings. The van der Waals surface area contributed by atoms with E-state index in [0.717, 1.165) is 19.6 Å². The van der Waals surface area contributed by atoms with Gasteiger partial charge in [0.15, 0.2) is 0 Å². The third kappa shape index (κ3) is 5.50. The van der Waals surface area contributed by atoms with Crippen LogP contribution in [0.3, 0.4) is 0 Å². The molecule has 1 fully saturated rings. The van der Waals surface area contributed by atoms with E-state index in [1.807, 2.05) is 32.6 Å². The van der Waals surface area contributed by atoms with Gasteiger partial charge in [0.2, 0.25) is 5.91 Å². The molecular weight excluding hydrogens is 216 g/mol. The van der Waals surface area contributed by atoms with Gasteiger partial charge in [0, 0.05) is 19.1 Å². The van der Waals surface area contributed by atoms with Crippen LogP contribution >= 0.6 is 0 Å². The molecule has 1 amide bonds. The lowest BCUT2D eigenvalue weighted by atomic mass is 10.2. The number of nitrogens with zero attached hydrogens (tertiary/aromatic N) is 1. The highest BCUT2D eigenvalue weighted by Gasteiger charge is 2.21. The van der Waals surface area contributed by atoms with Crippen LogP contribution in [0.4, 0.5) is 0 Å². The van der Waals surface area contributed by atoms with Crippen molar-refractivity contribution in [2.75, 3.05) is 26.2 Å². The van der Waals surface area contributed by atoms with Crippen LogP contribution in [-0.4, -0.2) is 48.7 Å². The quantitative estimate of drug-likeness (QED) is 0.792. The highest BCUT2D eigenvalue weighted by Crippen LogP contribution is 2.09. The van der Waals surface area contributed by atoms with Crippen LogP contribution in [-0.2, 0) is 9.53 Å². The Hall–Kier alpha value is -0.610. The fourth-order valence-electron chi connectivity index (χ4n) is 1.96. The molecule has 4 nitrogen and oxygen atoms in total. The Morgan fingerprint density at radius 3 is 2.65 bits per heavy atom. The Morgan fingerprint density at radius 2 is 2.18 bits per heavy atom. The van der Waals surface area contributed by atoms with Crippen LogP contribution in [0.1, 0.15) is 40.5 Å². The van der Waals surface area contributed by atoms with Crippen molar-refractivity contribution in [3.05, 3.63) is 0 Å². The summed E-state index contributed by atoms with van der Waals surface area (Å²) in [6.07, 6.45) is 2.39. The summed E-state index contributed by atoms with van der Waals surface area (Å²) < 4.78 is 5.53. The van der Waals surface area contributed by atoms with Crippen molar-refractivity contribution in [2.24, 2.45) is 0 Å². The van der Waals surface area contributed by atoms with Gasteiger partial charge in [0.25, 0.3) is 0 Å². The molecule has 0 spiro atoms. The van der Waals surface area contributed by atoms with Gasteiger partial charge in [-0.2, -0.15) is 0 Å². The molecule has 0 aromatic heterocycles. The molecule has 100 valence electrons. The number of carbonyl (C=O) groups excluding carboxylic acids is 1. The Bertz CT molecular complexity index is 242. The minimum Gasteiger partial charge on any atom is -0.366 e. The number of amides is 1. The summed E-state index contributed by atoms with van der Waals surface area (Å²) in [4.78, 5) is 13.9. The first-order chi connectivity index (χ1) is 7.92. The Labute approximate surface area is 105 Å². The van der Waals surface area contributed by atoms with Crippen molar-refractivity contribution in [3.63, 3.8) is 0 Å². The molecule has 1 unspecified atom stereocenters. The average molecular weight is 242 g/mol. The topological polar surface area (TPSA) is 41.6 Å². The van der Waals surface area contributed by atoms with E-state index in [4.69, 9.17) is 4.74 Å². The van der Waals surface area contributed by atoms with Crippen molar-refractivity contribution < 1.29 is 9.53 Å². The molecule has 1 aliphatic heterocycles.